The summed E-state index contributed by atoms with van der Waals surface area (Å²) in [7, 11) is 0. The van der Waals surface area contributed by atoms with E-state index in [-0.39, 0.29) is 23.7 Å². The fourth-order valence-electron chi connectivity index (χ4n) is 3.63. The summed E-state index contributed by atoms with van der Waals surface area (Å²) in [5, 5.41) is 6.00. The summed E-state index contributed by atoms with van der Waals surface area (Å²) < 4.78 is 5.77. The first-order valence-corrected chi connectivity index (χ1v) is 10.6. The van der Waals surface area contributed by atoms with Crippen molar-refractivity contribution in [2.45, 2.75) is 45.4 Å². The predicted molar refractivity (Wildman–Crippen MR) is 115 cm³/mol. The van der Waals surface area contributed by atoms with Gasteiger partial charge in [-0.2, -0.15) is 0 Å². The molecule has 2 amide bonds. The molecule has 0 spiro atoms. The Balaban J connectivity index is 1.44. The highest BCUT2D eigenvalue weighted by Crippen LogP contribution is 2.30. The third-order valence-corrected chi connectivity index (χ3v) is 5.40. The van der Waals surface area contributed by atoms with Crippen LogP contribution in [0.1, 0.15) is 45.4 Å². The molecule has 0 heterocycles. The second kappa shape index (κ2) is 10.6. The van der Waals surface area contributed by atoms with E-state index in [1.165, 1.54) is 0 Å². The van der Waals surface area contributed by atoms with Gasteiger partial charge in [0.05, 0.1) is 0 Å². The molecule has 0 bridgehead atoms. The molecular weight excluding hydrogens is 364 g/mol. The molecular formula is C24H30N2O3. The van der Waals surface area contributed by atoms with Gasteiger partial charge in [-0.3, -0.25) is 9.59 Å². The Morgan fingerprint density at radius 3 is 2.07 bits per heavy atom. The lowest BCUT2D eigenvalue weighted by atomic mass is 9.81. The van der Waals surface area contributed by atoms with E-state index in [4.69, 9.17) is 4.74 Å². The molecule has 29 heavy (non-hydrogen) atoms. The van der Waals surface area contributed by atoms with E-state index >= 15 is 0 Å². The number of hydrogen-bond donors (Lipinski definition) is 2. The summed E-state index contributed by atoms with van der Waals surface area (Å²) in [4.78, 5) is 24.8. The monoisotopic (exact) mass is 394 g/mol. The molecule has 1 saturated carbocycles. The van der Waals surface area contributed by atoms with Crippen molar-refractivity contribution in [1.82, 2.24) is 5.32 Å². The molecule has 0 unspecified atom stereocenters. The number of para-hydroxylation sites is 1. The molecule has 1 aliphatic rings. The Hall–Kier alpha value is -2.82. The van der Waals surface area contributed by atoms with E-state index in [0.29, 0.717) is 0 Å². The first-order chi connectivity index (χ1) is 14.2. The van der Waals surface area contributed by atoms with Gasteiger partial charge in [-0.15, -0.1) is 0 Å². The van der Waals surface area contributed by atoms with Gasteiger partial charge < -0.3 is 15.4 Å². The van der Waals surface area contributed by atoms with Crippen LogP contribution in [0.15, 0.2) is 54.6 Å². The smallest absolute Gasteiger partial charge is 0.227 e. The molecule has 2 N–H and O–H groups in total. The van der Waals surface area contributed by atoms with Crippen molar-refractivity contribution in [1.29, 1.82) is 0 Å². The topological polar surface area (TPSA) is 67.4 Å². The van der Waals surface area contributed by atoms with Gasteiger partial charge in [-0.05, 0) is 68.5 Å². The summed E-state index contributed by atoms with van der Waals surface area (Å²) in [6.07, 6.45) is 5.16. The first-order valence-electron chi connectivity index (χ1n) is 10.6. The number of benzene rings is 2. The standard InChI is InChI=1S/C24H30N2O3/c1-2-3-17-25-23(27)18-9-11-19(12-10-18)24(28)26-20-13-15-22(16-14-20)29-21-7-5-4-6-8-21/h4-8,13-16,18-19H,2-3,9-12,17H2,1H3,(H,25,27)(H,26,28). The van der Waals surface area contributed by atoms with Crippen LogP contribution in [0.5, 0.6) is 11.5 Å². The van der Waals surface area contributed by atoms with Crippen molar-refractivity contribution < 1.29 is 14.3 Å². The number of anilines is 1. The fraction of sp³-hybridized carbons (Fsp3) is 0.417. The van der Waals surface area contributed by atoms with Gasteiger partial charge in [-0.1, -0.05) is 31.5 Å². The number of carbonyl (C=O) groups excluding carboxylic acids is 2. The molecule has 1 fully saturated rings. The molecule has 5 heteroatoms. The maximum atomic E-state index is 12.6. The van der Waals surface area contributed by atoms with Crippen LogP contribution in [0.3, 0.4) is 0 Å². The molecule has 0 saturated heterocycles. The second-order valence-electron chi connectivity index (χ2n) is 7.62. The van der Waals surface area contributed by atoms with E-state index in [1.807, 2.05) is 54.6 Å². The summed E-state index contributed by atoms with van der Waals surface area (Å²) in [5.74, 6) is 1.70. The van der Waals surface area contributed by atoms with Crippen LogP contribution in [-0.4, -0.2) is 18.4 Å². The van der Waals surface area contributed by atoms with Gasteiger partial charge in [0.25, 0.3) is 0 Å². The van der Waals surface area contributed by atoms with E-state index in [9.17, 15) is 9.59 Å². The van der Waals surface area contributed by atoms with Crippen molar-refractivity contribution in [3.05, 3.63) is 54.6 Å². The van der Waals surface area contributed by atoms with Crippen LogP contribution in [-0.2, 0) is 9.59 Å². The normalized spacial score (nSPS) is 18.7. The van der Waals surface area contributed by atoms with Crippen molar-refractivity contribution in [2.24, 2.45) is 11.8 Å². The van der Waals surface area contributed by atoms with Crippen LogP contribution in [0, 0.1) is 11.8 Å². The fourth-order valence-corrected chi connectivity index (χ4v) is 3.63. The second-order valence-corrected chi connectivity index (χ2v) is 7.62. The third-order valence-electron chi connectivity index (χ3n) is 5.40. The van der Waals surface area contributed by atoms with Crippen molar-refractivity contribution in [3.8, 4) is 11.5 Å². The van der Waals surface area contributed by atoms with Gasteiger partial charge in [0.2, 0.25) is 11.8 Å². The Labute approximate surface area is 172 Å². The largest absolute Gasteiger partial charge is 0.457 e. The van der Waals surface area contributed by atoms with Crippen LogP contribution in [0.25, 0.3) is 0 Å². The zero-order chi connectivity index (χ0) is 20.5. The number of ether oxygens (including phenoxy) is 1. The highest BCUT2D eigenvalue weighted by Gasteiger charge is 2.29. The highest BCUT2D eigenvalue weighted by atomic mass is 16.5. The molecule has 5 nitrogen and oxygen atoms in total. The van der Waals surface area contributed by atoms with Crippen LogP contribution >= 0.6 is 0 Å². The van der Waals surface area contributed by atoms with E-state index < -0.39 is 0 Å². The van der Waals surface area contributed by atoms with Gasteiger partial charge in [-0.25, -0.2) is 0 Å². The molecule has 154 valence electrons. The lowest BCUT2D eigenvalue weighted by Crippen LogP contribution is -2.35. The third kappa shape index (κ3) is 6.34. The minimum Gasteiger partial charge on any atom is -0.457 e. The van der Waals surface area contributed by atoms with Crippen LogP contribution in [0.2, 0.25) is 0 Å². The summed E-state index contributed by atoms with van der Waals surface area (Å²) in [6, 6.07) is 17.0. The summed E-state index contributed by atoms with van der Waals surface area (Å²) in [6.45, 7) is 2.86. The van der Waals surface area contributed by atoms with Crippen LogP contribution < -0.4 is 15.4 Å². The van der Waals surface area contributed by atoms with Crippen molar-refractivity contribution in [3.63, 3.8) is 0 Å². The molecule has 0 atom stereocenters. The first kappa shape index (κ1) is 20.9. The van der Waals surface area contributed by atoms with Gasteiger partial charge >= 0.3 is 0 Å². The minimum absolute atomic E-state index is 0.0325. The highest BCUT2D eigenvalue weighted by molar-refractivity contribution is 5.92. The van der Waals surface area contributed by atoms with E-state index in [0.717, 1.165) is 62.3 Å². The van der Waals surface area contributed by atoms with E-state index in [2.05, 4.69) is 17.6 Å². The molecule has 1 aliphatic carbocycles. The zero-order valence-corrected chi connectivity index (χ0v) is 17.0. The Bertz CT molecular complexity index is 782. The number of amides is 2. The van der Waals surface area contributed by atoms with Crippen molar-refractivity contribution in [2.75, 3.05) is 11.9 Å². The molecule has 2 aromatic rings. The van der Waals surface area contributed by atoms with Gasteiger partial charge in [0.1, 0.15) is 11.5 Å². The average molecular weight is 395 g/mol. The Morgan fingerprint density at radius 1 is 0.862 bits per heavy atom. The van der Waals surface area contributed by atoms with Crippen molar-refractivity contribution >= 4 is 17.5 Å². The summed E-state index contributed by atoms with van der Waals surface area (Å²) >= 11 is 0. The number of rotatable bonds is 8. The minimum atomic E-state index is -0.0325. The Kier molecular flexibility index (Phi) is 7.68. The Morgan fingerprint density at radius 2 is 1.45 bits per heavy atom. The van der Waals surface area contributed by atoms with Gasteiger partial charge in [0, 0.05) is 24.1 Å². The summed E-state index contributed by atoms with van der Waals surface area (Å²) in [5.41, 5.74) is 0.759. The van der Waals surface area contributed by atoms with Crippen LogP contribution in [0.4, 0.5) is 5.69 Å². The molecule has 0 aliphatic heterocycles. The maximum absolute atomic E-state index is 12.6. The quantitative estimate of drug-likeness (QED) is 0.609. The molecule has 0 radical (unpaired) electrons. The maximum Gasteiger partial charge on any atom is 0.227 e. The number of hydrogen-bond acceptors (Lipinski definition) is 3. The lowest BCUT2D eigenvalue weighted by Gasteiger charge is -2.27. The number of carbonyl (C=O) groups is 2. The average Bonchev–Trinajstić information content (AvgIpc) is 2.76. The number of unbranched alkanes of at least 4 members (excludes halogenated alkanes) is 1. The van der Waals surface area contributed by atoms with Gasteiger partial charge in [0.15, 0.2) is 0 Å². The molecule has 2 aromatic carbocycles. The zero-order valence-electron chi connectivity index (χ0n) is 17.0. The molecule has 3 rings (SSSR count). The predicted octanol–water partition coefficient (Wildman–Crippen LogP) is 5.14. The SMILES string of the molecule is CCCCNC(=O)C1CCC(C(=O)Nc2ccc(Oc3ccccc3)cc2)CC1. The number of nitrogens with one attached hydrogen (secondary N) is 2. The lowest BCUT2D eigenvalue weighted by molar-refractivity contribution is -0.128. The van der Waals surface area contributed by atoms with E-state index in [1.54, 1.807) is 0 Å². The molecule has 0 aromatic heterocycles.